The molecule has 2 aromatic heterocycles. The van der Waals surface area contributed by atoms with Gasteiger partial charge in [-0.2, -0.15) is 0 Å². The standard InChI is InChI=1S/C46H41N7O9/c54-41-14-13-39(42(55)48-41)52-45(58)35-12-9-32(24-36(35)46(52)59)44(57)51-21-19-49(20-22-51)27-28-15-17-50(18-16-28)43(56)31-5-3-29(4-6-31)33-25-37(30-7-10-34(11-8-30)53(60)61)47-38(26-33)40-2-1-23-62-40/h1-12,23-26,28,39H,13-22,27H2,(H,48,54,55). The van der Waals surface area contributed by atoms with Crippen LogP contribution in [0.3, 0.4) is 0 Å². The quantitative estimate of drug-likeness (QED) is 0.115. The summed E-state index contributed by atoms with van der Waals surface area (Å²) in [6, 6.07) is 24.5. The van der Waals surface area contributed by atoms with E-state index in [1.807, 2.05) is 47.4 Å². The largest absolute Gasteiger partial charge is 0.463 e. The van der Waals surface area contributed by atoms with Gasteiger partial charge in [0, 0.05) is 81.1 Å². The maximum absolute atomic E-state index is 13.6. The predicted molar refractivity (Wildman–Crippen MR) is 224 cm³/mol. The highest BCUT2D eigenvalue weighted by molar-refractivity contribution is 6.24. The first-order valence-electron chi connectivity index (χ1n) is 20.6. The number of furan rings is 1. The third kappa shape index (κ3) is 7.87. The van der Waals surface area contributed by atoms with E-state index in [2.05, 4.69) is 10.2 Å². The van der Waals surface area contributed by atoms with Gasteiger partial charge in [0.15, 0.2) is 5.76 Å². The summed E-state index contributed by atoms with van der Waals surface area (Å²) in [5.74, 6) is -1.68. The van der Waals surface area contributed by atoms with Crippen LogP contribution in [0.1, 0.15) is 67.1 Å². The molecule has 0 radical (unpaired) electrons. The van der Waals surface area contributed by atoms with Crippen LogP contribution in [-0.4, -0.2) is 117 Å². The molecular weight excluding hydrogens is 795 g/mol. The average Bonchev–Trinajstić information content (AvgIpc) is 3.93. The lowest BCUT2D eigenvalue weighted by atomic mass is 9.95. The van der Waals surface area contributed by atoms with Crippen LogP contribution in [0.25, 0.3) is 33.8 Å². The fourth-order valence-electron chi connectivity index (χ4n) is 8.74. The van der Waals surface area contributed by atoms with Gasteiger partial charge in [-0.3, -0.25) is 54.0 Å². The van der Waals surface area contributed by atoms with E-state index < -0.39 is 34.6 Å². The minimum Gasteiger partial charge on any atom is -0.463 e. The first-order chi connectivity index (χ1) is 30.0. The van der Waals surface area contributed by atoms with Crippen LogP contribution in [0, 0.1) is 16.0 Å². The number of non-ortho nitro benzene ring substituents is 1. The number of carbonyl (C=O) groups is 6. The van der Waals surface area contributed by atoms with E-state index in [1.54, 1.807) is 29.4 Å². The SMILES string of the molecule is O=C1CCC(N2C(=O)c3ccc(C(=O)N4CCN(CC5CCN(C(=O)c6ccc(-c7cc(-c8ccc([N+](=O)[O-])cc8)nc(-c8ccco8)c7)cc6)CC5)CC4)cc3C2=O)C(=O)N1. The van der Waals surface area contributed by atoms with Crippen LogP contribution in [0.2, 0.25) is 0 Å². The Morgan fingerprint density at radius 2 is 1.35 bits per heavy atom. The van der Waals surface area contributed by atoms with Gasteiger partial charge in [0.05, 0.1) is 28.0 Å². The molecule has 0 spiro atoms. The highest BCUT2D eigenvalue weighted by atomic mass is 16.6. The van der Waals surface area contributed by atoms with Crippen molar-refractivity contribution in [1.29, 1.82) is 0 Å². The second kappa shape index (κ2) is 16.6. The third-order valence-corrected chi connectivity index (χ3v) is 12.2. The van der Waals surface area contributed by atoms with E-state index in [0.29, 0.717) is 79.0 Å². The number of carbonyl (C=O) groups excluding carboxylic acids is 6. The Balaban J connectivity index is 0.773. The number of aromatic nitrogens is 1. The van der Waals surface area contributed by atoms with Gasteiger partial charge in [0.25, 0.3) is 29.3 Å². The Morgan fingerprint density at radius 3 is 2.03 bits per heavy atom. The Bertz CT molecular complexity index is 2610. The Kier molecular flexibility index (Phi) is 10.7. The third-order valence-electron chi connectivity index (χ3n) is 12.2. The average molecular weight is 836 g/mol. The number of imide groups is 2. The molecule has 1 atom stereocenters. The molecule has 1 unspecified atom stereocenters. The molecule has 16 heteroatoms. The molecule has 314 valence electrons. The molecule has 9 rings (SSSR count). The van der Waals surface area contributed by atoms with Gasteiger partial charge >= 0.3 is 0 Å². The summed E-state index contributed by atoms with van der Waals surface area (Å²) in [6.45, 7) is 4.50. The van der Waals surface area contributed by atoms with Gasteiger partial charge in [-0.1, -0.05) is 12.1 Å². The van der Waals surface area contributed by atoms with Crippen molar-refractivity contribution in [2.45, 2.75) is 31.7 Å². The monoisotopic (exact) mass is 835 g/mol. The Morgan fingerprint density at radius 1 is 0.710 bits per heavy atom. The molecule has 3 fully saturated rings. The number of piperidine rings is 2. The van der Waals surface area contributed by atoms with E-state index in [1.165, 1.54) is 30.3 Å². The molecular formula is C46H41N7O9. The predicted octanol–water partition coefficient (Wildman–Crippen LogP) is 5.30. The number of piperazine rings is 1. The number of nitro benzene ring substituents is 1. The van der Waals surface area contributed by atoms with Crippen LogP contribution < -0.4 is 5.32 Å². The Labute approximate surface area is 355 Å². The highest BCUT2D eigenvalue weighted by Gasteiger charge is 2.45. The van der Waals surface area contributed by atoms with E-state index in [4.69, 9.17) is 9.40 Å². The molecule has 16 nitrogen and oxygen atoms in total. The number of likely N-dealkylation sites (tertiary alicyclic amines) is 1. The number of nitrogens with zero attached hydrogens (tertiary/aromatic N) is 6. The minimum absolute atomic E-state index is 0.00851. The topological polar surface area (TPSA) is 197 Å². The van der Waals surface area contributed by atoms with Crippen molar-refractivity contribution in [3.63, 3.8) is 0 Å². The van der Waals surface area contributed by atoms with Gasteiger partial charge in [-0.15, -0.1) is 0 Å². The summed E-state index contributed by atoms with van der Waals surface area (Å²) in [4.78, 5) is 100. The van der Waals surface area contributed by atoms with Crippen molar-refractivity contribution in [2.75, 3.05) is 45.8 Å². The number of pyridine rings is 1. The van der Waals surface area contributed by atoms with E-state index >= 15 is 0 Å². The zero-order valence-electron chi connectivity index (χ0n) is 33.5. The van der Waals surface area contributed by atoms with Gasteiger partial charge in [0.2, 0.25) is 11.8 Å². The number of nitrogens with one attached hydrogen (secondary N) is 1. The molecule has 5 aromatic rings. The van der Waals surface area contributed by atoms with Gasteiger partial charge < -0.3 is 14.2 Å². The summed E-state index contributed by atoms with van der Waals surface area (Å²) in [5.41, 5.74) is 4.75. The van der Waals surface area contributed by atoms with Crippen molar-refractivity contribution in [2.24, 2.45) is 5.92 Å². The second-order valence-electron chi connectivity index (χ2n) is 16.0. The van der Waals surface area contributed by atoms with Crippen molar-refractivity contribution in [3.05, 3.63) is 130 Å². The minimum atomic E-state index is -1.07. The van der Waals surface area contributed by atoms with Gasteiger partial charge in [0.1, 0.15) is 11.7 Å². The number of benzene rings is 3. The van der Waals surface area contributed by atoms with E-state index in [9.17, 15) is 38.9 Å². The molecule has 0 bridgehead atoms. The summed E-state index contributed by atoms with van der Waals surface area (Å²) in [6.07, 6.45) is 3.37. The fourth-order valence-corrected chi connectivity index (χ4v) is 8.74. The smallest absolute Gasteiger partial charge is 0.269 e. The van der Waals surface area contributed by atoms with Crippen LogP contribution in [0.4, 0.5) is 5.69 Å². The van der Waals surface area contributed by atoms with Crippen molar-refractivity contribution < 1.29 is 38.1 Å². The molecule has 0 aliphatic carbocycles. The summed E-state index contributed by atoms with van der Waals surface area (Å²) in [5, 5.41) is 13.4. The highest BCUT2D eigenvalue weighted by Crippen LogP contribution is 2.33. The molecule has 4 aliphatic heterocycles. The molecule has 3 aromatic carbocycles. The van der Waals surface area contributed by atoms with E-state index in [0.717, 1.165) is 35.4 Å². The van der Waals surface area contributed by atoms with Crippen molar-refractivity contribution in [1.82, 2.24) is 29.9 Å². The lowest BCUT2D eigenvalue weighted by Gasteiger charge is -2.39. The first kappa shape index (κ1) is 40.1. The van der Waals surface area contributed by atoms with Crippen LogP contribution >= 0.6 is 0 Å². The van der Waals surface area contributed by atoms with Gasteiger partial charge in [-0.25, -0.2) is 4.98 Å². The number of hydrogen-bond acceptors (Lipinski definition) is 11. The second-order valence-corrected chi connectivity index (χ2v) is 16.0. The normalized spacial score (nSPS) is 18.5. The van der Waals surface area contributed by atoms with Crippen LogP contribution in [0.5, 0.6) is 0 Å². The maximum atomic E-state index is 13.6. The first-order valence-corrected chi connectivity index (χ1v) is 20.6. The summed E-state index contributed by atoms with van der Waals surface area (Å²) < 4.78 is 5.63. The maximum Gasteiger partial charge on any atom is 0.269 e. The van der Waals surface area contributed by atoms with Gasteiger partial charge in [-0.05, 0) is 103 Å². The molecule has 6 amide bonds. The van der Waals surface area contributed by atoms with Crippen LogP contribution in [-0.2, 0) is 9.59 Å². The van der Waals surface area contributed by atoms with Crippen molar-refractivity contribution in [3.8, 4) is 33.8 Å². The zero-order chi connectivity index (χ0) is 43.1. The molecule has 0 saturated carbocycles. The number of fused-ring (bicyclic) bond motifs is 1. The zero-order valence-corrected chi connectivity index (χ0v) is 33.5. The number of hydrogen-bond donors (Lipinski definition) is 1. The number of amides is 6. The number of rotatable bonds is 9. The molecule has 3 saturated heterocycles. The lowest BCUT2D eigenvalue weighted by Crippen LogP contribution is -2.54. The number of nitro groups is 1. The summed E-state index contributed by atoms with van der Waals surface area (Å²) in [7, 11) is 0. The molecule has 62 heavy (non-hydrogen) atoms. The fraction of sp³-hybridized carbons (Fsp3) is 0.283. The van der Waals surface area contributed by atoms with Crippen LogP contribution in [0.15, 0.2) is 102 Å². The molecule has 4 aliphatic rings. The van der Waals surface area contributed by atoms with Crippen molar-refractivity contribution >= 4 is 41.1 Å². The lowest BCUT2D eigenvalue weighted by molar-refractivity contribution is -0.384. The molecule has 6 heterocycles. The van der Waals surface area contributed by atoms with E-state index in [-0.39, 0.29) is 41.5 Å². The summed E-state index contributed by atoms with van der Waals surface area (Å²) >= 11 is 0. The Hall–Kier alpha value is -7.33. The molecule has 1 N–H and O–H groups in total.